The van der Waals surface area contributed by atoms with Gasteiger partial charge in [0.15, 0.2) is 0 Å². The highest BCUT2D eigenvalue weighted by Crippen LogP contribution is 2.31. The maximum Gasteiger partial charge on any atom is 0.216 e. The van der Waals surface area contributed by atoms with Gasteiger partial charge in [0.2, 0.25) is 5.88 Å². The van der Waals surface area contributed by atoms with Crippen molar-refractivity contribution in [2.24, 2.45) is 5.92 Å². The van der Waals surface area contributed by atoms with Gasteiger partial charge >= 0.3 is 0 Å². The minimum atomic E-state index is 0.301. The molecule has 3 rings (SSSR count). The van der Waals surface area contributed by atoms with E-state index in [2.05, 4.69) is 22.9 Å². The Bertz CT molecular complexity index is 468. The van der Waals surface area contributed by atoms with Gasteiger partial charge in [0.1, 0.15) is 6.10 Å². The molecule has 1 aromatic rings. The summed E-state index contributed by atoms with van der Waals surface area (Å²) in [5.74, 6) is 1.58. The van der Waals surface area contributed by atoms with E-state index in [1.165, 1.54) is 19.3 Å². The predicted molar refractivity (Wildman–Crippen MR) is 87.2 cm³/mol. The van der Waals surface area contributed by atoms with E-state index < -0.39 is 0 Å². The van der Waals surface area contributed by atoms with E-state index in [4.69, 9.17) is 9.47 Å². The van der Waals surface area contributed by atoms with Gasteiger partial charge in [-0.05, 0) is 44.6 Å². The molecule has 0 aromatic carbocycles. The summed E-state index contributed by atoms with van der Waals surface area (Å²) < 4.78 is 11.8. The van der Waals surface area contributed by atoms with Crippen LogP contribution >= 0.6 is 0 Å². The SMILES string of the molecule is COC(CN1CCC(Oc2ncccc2C)CC1)C1CCC1. The Labute approximate surface area is 133 Å². The van der Waals surface area contributed by atoms with Gasteiger partial charge in [0, 0.05) is 38.5 Å². The number of likely N-dealkylation sites (tertiary alicyclic amines) is 1. The second-order valence-electron chi connectivity index (χ2n) is 6.71. The molecule has 4 heteroatoms. The molecule has 2 aliphatic rings. The number of hydrogen-bond donors (Lipinski definition) is 0. The molecule has 0 radical (unpaired) electrons. The molecule has 0 spiro atoms. The third kappa shape index (κ3) is 3.79. The largest absolute Gasteiger partial charge is 0.474 e. The maximum atomic E-state index is 6.08. The number of aromatic nitrogens is 1. The van der Waals surface area contributed by atoms with Crippen molar-refractivity contribution in [1.29, 1.82) is 0 Å². The van der Waals surface area contributed by atoms with E-state index >= 15 is 0 Å². The number of nitrogens with zero attached hydrogens (tertiary/aromatic N) is 2. The minimum Gasteiger partial charge on any atom is -0.474 e. The first-order chi connectivity index (χ1) is 10.8. The lowest BCUT2D eigenvalue weighted by molar-refractivity contribution is -0.0161. The summed E-state index contributed by atoms with van der Waals surface area (Å²) in [5, 5.41) is 0. The van der Waals surface area contributed by atoms with Gasteiger partial charge in [0.25, 0.3) is 0 Å². The standard InChI is InChI=1S/C18H28N2O2/c1-14-5-4-10-19-18(14)22-16-8-11-20(12-9-16)13-17(21-2)15-6-3-7-15/h4-5,10,15-17H,3,6-9,11-13H2,1-2H3. The molecular weight excluding hydrogens is 276 g/mol. The van der Waals surface area contributed by atoms with Crippen molar-refractivity contribution in [2.75, 3.05) is 26.7 Å². The van der Waals surface area contributed by atoms with Crippen LogP contribution in [0.15, 0.2) is 18.3 Å². The van der Waals surface area contributed by atoms with Crippen LogP contribution in [-0.2, 0) is 4.74 Å². The van der Waals surface area contributed by atoms with Crippen LogP contribution in [0.5, 0.6) is 5.88 Å². The summed E-state index contributed by atoms with van der Waals surface area (Å²) in [6.45, 7) is 5.34. The van der Waals surface area contributed by atoms with Crippen LogP contribution in [0.25, 0.3) is 0 Å². The van der Waals surface area contributed by atoms with Crippen LogP contribution in [0.4, 0.5) is 0 Å². The molecule has 0 amide bonds. The predicted octanol–water partition coefficient (Wildman–Crippen LogP) is 3.05. The van der Waals surface area contributed by atoms with Gasteiger partial charge in [-0.1, -0.05) is 12.5 Å². The molecule has 1 aliphatic carbocycles. The average Bonchev–Trinajstić information content (AvgIpc) is 2.49. The van der Waals surface area contributed by atoms with Crippen LogP contribution < -0.4 is 4.74 Å². The van der Waals surface area contributed by atoms with Gasteiger partial charge < -0.3 is 14.4 Å². The highest BCUT2D eigenvalue weighted by molar-refractivity contribution is 5.23. The molecule has 1 unspecified atom stereocenters. The van der Waals surface area contributed by atoms with Crippen molar-refractivity contribution in [2.45, 2.75) is 51.2 Å². The maximum absolute atomic E-state index is 6.08. The molecule has 2 heterocycles. The van der Waals surface area contributed by atoms with Gasteiger partial charge in [-0.15, -0.1) is 0 Å². The lowest BCUT2D eigenvalue weighted by Crippen LogP contribution is -2.45. The van der Waals surface area contributed by atoms with E-state index in [-0.39, 0.29) is 0 Å². The second-order valence-corrected chi connectivity index (χ2v) is 6.71. The quantitative estimate of drug-likeness (QED) is 0.809. The zero-order valence-electron chi connectivity index (χ0n) is 13.8. The van der Waals surface area contributed by atoms with Crippen LogP contribution in [0.3, 0.4) is 0 Å². The van der Waals surface area contributed by atoms with Crippen LogP contribution in [0, 0.1) is 12.8 Å². The molecule has 1 aromatic heterocycles. The molecular formula is C18H28N2O2. The van der Waals surface area contributed by atoms with Crippen LogP contribution in [-0.4, -0.2) is 48.8 Å². The summed E-state index contributed by atoms with van der Waals surface area (Å²) in [5.41, 5.74) is 1.12. The molecule has 22 heavy (non-hydrogen) atoms. The number of piperidine rings is 1. The highest BCUT2D eigenvalue weighted by Gasteiger charge is 2.30. The van der Waals surface area contributed by atoms with E-state index in [0.717, 1.165) is 49.8 Å². The summed E-state index contributed by atoms with van der Waals surface area (Å²) in [6.07, 6.45) is 8.75. The molecule has 1 saturated heterocycles. The average molecular weight is 304 g/mol. The van der Waals surface area contributed by atoms with Crippen molar-refractivity contribution < 1.29 is 9.47 Å². The number of aryl methyl sites for hydroxylation is 1. The third-order valence-electron chi connectivity index (χ3n) is 5.19. The van der Waals surface area contributed by atoms with Gasteiger partial charge in [0.05, 0.1) is 6.10 Å². The summed E-state index contributed by atoms with van der Waals surface area (Å²) >= 11 is 0. The monoisotopic (exact) mass is 304 g/mol. The Morgan fingerprint density at radius 1 is 1.27 bits per heavy atom. The summed E-state index contributed by atoms with van der Waals surface area (Å²) in [7, 11) is 1.86. The normalized spacial score (nSPS) is 22.3. The first-order valence-electron chi connectivity index (χ1n) is 8.59. The Hall–Kier alpha value is -1.13. The molecule has 0 bridgehead atoms. The Morgan fingerprint density at radius 2 is 2.05 bits per heavy atom. The minimum absolute atomic E-state index is 0.301. The van der Waals surface area contributed by atoms with E-state index in [1.54, 1.807) is 6.20 Å². The number of hydrogen-bond acceptors (Lipinski definition) is 4. The van der Waals surface area contributed by atoms with Crippen molar-refractivity contribution in [3.05, 3.63) is 23.9 Å². The summed E-state index contributed by atoms with van der Waals surface area (Å²) in [6, 6.07) is 4.01. The van der Waals surface area contributed by atoms with E-state index in [1.807, 2.05) is 13.2 Å². The smallest absolute Gasteiger partial charge is 0.216 e. The fraction of sp³-hybridized carbons (Fsp3) is 0.722. The number of methoxy groups -OCH3 is 1. The van der Waals surface area contributed by atoms with E-state index in [0.29, 0.717) is 12.2 Å². The summed E-state index contributed by atoms with van der Waals surface area (Å²) in [4.78, 5) is 6.88. The van der Waals surface area contributed by atoms with Gasteiger partial charge in [-0.25, -0.2) is 4.98 Å². The van der Waals surface area contributed by atoms with Gasteiger partial charge in [-0.2, -0.15) is 0 Å². The number of ether oxygens (including phenoxy) is 2. The molecule has 0 N–H and O–H groups in total. The molecule has 1 saturated carbocycles. The molecule has 122 valence electrons. The zero-order valence-corrected chi connectivity index (χ0v) is 13.8. The highest BCUT2D eigenvalue weighted by atomic mass is 16.5. The zero-order chi connectivity index (χ0) is 15.4. The molecule has 4 nitrogen and oxygen atoms in total. The van der Waals surface area contributed by atoms with Crippen molar-refractivity contribution in [1.82, 2.24) is 9.88 Å². The van der Waals surface area contributed by atoms with Crippen molar-refractivity contribution >= 4 is 0 Å². The van der Waals surface area contributed by atoms with Crippen molar-refractivity contribution in [3.8, 4) is 5.88 Å². The number of rotatable bonds is 6. The van der Waals surface area contributed by atoms with Crippen molar-refractivity contribution in [3.63, 3.8) is 0 Å². The van der Waals surface area contributed by atoms with E-state index in [9.17, 15) is 0 Å². The fourth-order valence-corrected chi connectivity index (χ4v) is 3.44. The topological polar surface area (TPSA) is 34.6 Å². The Balaban J connectivity index is 1.45. The molecule has 1 aliphatic heterocycles. The first-order valence-corrected chi connectivity index (χ1v) is 8.59. The third-order valence-corrected chi connectivity index (χ3v) is 5.19. The molecule has 1 atom stereocenters. The van der Waals surface area contributed by atoms with Crippen LogP contribution in [0.1, 0.15) is 37.7 Å². The van der Waals surface area contributed by atoms with Crippen LogP contribution in [0.2, 0.25) is 0 Å². The van der Waals surface area contributed by atoms with Gasteiger partial charge in [-0.3, -0.25) is 0 Å². The fourth-order valence-electron chi connectivity index (χ4n) is 3.44. The first kappa shape index (κ1) is 15.8. The Kier molecular flexibility index (Phi) is 5.32. The molecule has 2 fully saturated rings. The number of pyridine rings is 1. The Morgan fingerprint density at radius 3 is 2.64 bits per heavy atom. The lowest BCUT2D eigenvalue weighted by atomic mass is 9.80. The second kappa shape index (κ2) is 7.42. The lowest BCUT2D eigenvalue weighted by Gasteiger charge is -2.38.